The van der Waals surface area contributed by atoms with Crippen molar-refractivity contribution < 1.29 is 0 Å². The Labute approximate surface area is 295 Å². The summed E-state index contributed by atoms with van der Waals surface area (Å²) in [6, 6.07) is 58.6. The first-order chi connectivity index (χ1) is 23.8. The van der Waals surface area contributed by atoms with Gasteiger partial charge < -0.3 is 9.80 Å². The van der Waals surface area contributed by atoms with Crippen LogP contribution in [0.4, 0.5) is 34.1 Å². The van der Waals surface area contributed by atoms with Crippen LogP contribution in [0, 0.1) is 27.7 Å². The van der Waals surface area contributed by atoms with Gasteiger partial charge in [0.2, 0.25) is 0 Å². The lowest BCUT2D eigenvalue weighted by molar-refractivity contribution is 1.27. The van der Waals surface area contributed by atoms with Crippen LogP contribution >= 0.6 is 11.6 Å². The van der Waals surface area contributed by atoms with Crippen molar-refractivity contribution in [2.45, 2.75) is 27.7 Å². The van der Waals surface area contributed by atoms with Gasteiger partial charge in [-0.15, -0.1) is 0 Å². The SMILES string of the molecule is Cc1ccc(N(c2ccc(C)cc2)c2cccc(-c3cc(Cl)cc(-c4cccc(N(c5ccc(C)cc5)c5ccc(C)cc5)c4)c3)c2)cc1. The average molecular weight is 655 g/mol. The number of hydrogen-bond donors (Lipinski definition) is 0. The number of benzene rings is 7. The maximum Gasteiger partial charge on any atom is 0.0467 e. The first kappa shape index (κ1) is 32.0. The molecule has 0 radical (unpaired) electrons. The van der Waals surface area contributed by atoms with Gasteiger partial charge in [0.25, 0.3) is 0 Å². The molecule has 0 bridgehead atoms. The van der Waals surface area contributed by atoms with E-state index in [0.717, 1.165) is 56.4 Å². The molecule has 7 aromatic rings. The molecule has 0 aromatic heterocycles. The van der Waals surface area contributed by atoms with Crippen LogP contribution in [0.25, 0.3) is 22.3 Å². The monoisotopic (exact) mass is 654 g/mol. The van der Waals surface area contributed by atoms with Crippen LogP contribution in [0.3, 0.4) is 0 Å². The largest absolute Gasteiger partial charge is 0.310 e. The van der Waals surface area contributed by atoms with Gasteiger partial charge in [-0.3, -0.25) is 0 Å². The second-order valence-electron chi connectivity index (χ2n) is 12.8. The van der Waals surface area contributed by atoms with Gasteiger partial charge >= 0.3 is 0 Å². The quantitative estimate of drug-likeness (QED) is 0.161. The summed E-state index contributed by atoms with van der Waals surface area (Å²) in [6.45, 7) is 8.48. The highest BCUT2D eigenvalue weighted by Gasteiger charge is 2.16. The lowest BCUT2D eigenvalue weighted by Gasteiger charge is -2.26. The number of nitrogens with zero attached hydrogens (tertiary/aromatic N) is 2. The molecule has 0 heterocycles. The van der Waals surface area contributed by atoms with Crippen LogP contribution in [0.1, 0.15) is 22.3 Å². The number of hydrogen-bond acceptors (Lipinski definition) is 2. The third kappa shape index (κ3) is 7.16. The van der Waals surface area contributed by atoms with E-state index in [0.29, 0.717) is 5.02 Å². The fourth-order valence-electron chi connectivity index (χ4n) is 6.24. The van der Waals surface area contributed by atoms with Gasteiger partial charge in [-0.2, -0.15) is 0 Å². The normalized spacial score (nSPS) is 11.0. The lowest BCUT2D eigenvalue weighted by atomic mass is 9.98. The topological polar surface area (TPSA) is 6.48 Å². The Balaban J connectivity index is 1.28. The summed E-state index contributed by atoms with van der Waals surface area (Å²) in [7, 11) is 0. The minimum Gasteiger partial charge on any atom is -0.310 e. The van der Waals surface area contributed by atoms with Crippen LogP contribution < -0.4 is 9.80 Å². The van der Waals surface area contributed by atoms with Gasteiger partial charge in [0.1, 0.15) is 0 Å². The predicted octanol–water partition coefficient (Wildman–Crippen LogP) is 13.8. The van der Waals surface area contributed by atoms with E-state index in [-0.39, 0.29) is 0 Å². The van der Waals surface area contributed by atoms with E-state index in [2.05, 4.69) is 201 Å². The zero-order valence-electron chi connectivity index (χ0n) is 28.4. The fraction of sp³-hybridized carbons (Fsp3) is 0.0870. The van der Waals surface area contributed by atoms with Crippen molar-refractivity contribution in [3.8, 4) is 22.3 Å². The van der Waals surface area contributed by atoms with E-state index in [1.807, 2.05) is 0 Å². The van der Waals surface area contributed by atoms with E-state index >= 15 is 0 Å². The molecular formula is C46H39ClN2. The van der Waals surface area contributed by atoms with Gasteiger partial charge in [0, 0.05) is 39.1 Å². The summed E-state index contributed by atoms with van der Waals surface area (Å²) in [5.74, 6) is 0. The van der Waals surface area contributed by atoms with Gasteiger partial charge in [0.15, 0.2) is 0 Å². The van der Waals surface area contributed by atoms with Crippen molar-refractivity contribution in [1.29, 1.82) is 0 Å². The predicted molar refractivity (Wildman–Crippen MR) is 211 cm³/mol. The molecule has 7 rings (SSSR count). The third-order valence-corrected chi connectivity index (χ3v) is 9.16. The van der Waals surface area contributed by atoms with E-state index in [9.17, 15) is 0 Å². The van der Waals surface area contributed by atoms with E-state index in [4.69, 9.17) is 11.6 Å². The molecule has 0 atom stereocenters. The second-order valence-corrected chi connectivity index (χ2v) is 13.3. The van der Waals surface area contributed by atoms with Crippen LogP contribution in [0.2, 0.25) is 5.02 Å². The number of halogens is 1. The van der Waals surface area contributed by atoms with Crippen LogP contribution in [-0.2, 0) is 0 Å². The minimum absolute atomic E-state index is 0.700. The van der Waals surface area contributed by atoms with Gasteiger partial charge in [-0.1, -0.05) is 107 Å². The molecule has 7 aromatic carbocycles. The first-order valence-corrected chi connectivity index (χ1v) is 17.1. The molecule has 0 aliphatic carbocycles. The number of aryl methyl sites for hydroxylation is 4. The number of rotatable bonds is 8. The second kappa shape index (κ2) is 13.9. The highest BCUT2D eigenvalue weighted by Crippen LogP contribution is 2.40. The molecule has 240 valence electrons. The summed E-state index contributed by atoms with van der Waals surface area (Å²) in [5, 5.41) is 0.700. The molecule has 3 heteroatoms. The fourth-order valence-corrected chi connectivity index (χ4v) is 6.48. The van der Waals surface area contributed by atoms with E-state index in [1.54, 1.807) is 0 Å². The van der Waals surface area contributed by atoms with Crippen molar-refractivity contribution in [3.63, 3.8) is 0 Å². The third-order valence-electron chi connectivity index (χ3n) is 8.94. The van der Waals surface area contributed by atoms with Crippen molar-refractivity contribution >= 4 is 45.7 Å². The molecule has 0 spiro atoms. The summed E-state index contributed by atoms with van der Waals surface area (Å²) in [5.41, 5.74) is 15.9. The highest BCUT2D eigenvalue weighted by atomic mass is 35.5. The average Bonchev–Trinajstić information content (AvgIpc) is 3.12. The summed E-state index contributed by atoms with van der Waals surface area (Å²) in [6.07, 6.45) is 0. The first-order valence-electron chi connectivity index (χ1n) is 16.7. The Morgan fingerprint density at radius 1 is 0.306 bits per heavy atom. The Morgan fingerprint density at radius 3 is 0.918 bits per heavy atom. The van der Waals surface area contributed by atoms with Gasteiger partial charge in [-0.05, 0) is 141 Å². The van der Waals surface area contributed by atoms with Crippen molar-refractivity contribution in [3.05, 3.63) is 191 Å². The van der Waals surface area contributed by atoms with Crippen LogP contribution in [0.5, 0.6) is 0 Å². The summed E-state index contributed by atoms with van der Waals surface area (Å²) in [4.78, 5) is 4.62. The Kier molecular flexibility index (Phi) is 9.07. The molecule has 0 saturated heterocycles. The lowest BCUT2D eigenvalue weighted by Crippen LogP contribution is -2.10. The molecule has 0 fully saturated rings. The molecule has 0 N–H and O–H groups in total. The molecule has 0 aliphatic rings. The molecule has 0 aliphatic heterocycles. The zero-order chi connectivity index (χ0) is 33.9. The number of anilines is 6. The van der Waals surface area contributed by atoms with E-state index in [1.165, 1.54) is 22.3 Å². The minimum atomic E-state index is 0.700. The molecule has 49 heavy (non-hydrogen) atoms. The smallest absolute Gasteiger partial charge is 0.0467 e. The Hall–Kier alpha value is -5.57. The zero-order valence-corrected chi connectivity index (χ0v) is 29.1. The Bertz CT molecular complexity index is 1950. The molecule has 0 amide bonds. The molecular weight excluding hydrogens is 616 g/mol. The maximum atomic E-state index is 6.88. The van der Waals surface area contributed by atoms with E-state index < -0.39 is 0 Å². The van der Waals surface area contributed by atoms with Crippen molar-refractivity contribution in [2.24, 2.45) is 0 Å². The standard InChI is InChI=1S/C46H39ClN2/c1-32-11-19-41(20-12-32)48(42-21-13-33(2)14-22-42)45-9-5-7-36(30-45)38-27-39(29-40(47)28-38)37-8-6-10-46(31-37)49(43-23-15-34(3)16-24-43)44-25-17-35(4)18-26-44/h5-31H,1-4H3. The van der Waals surface area contributed by atoms with Crippen molar-refractivity contribution in [1.82, 2.24) is 0 Å². The summed E-state index contributed by atoms with van der Waals surface area (Å²) < 4.78 is 0. The molecule has 2 nitrogen and oxygen atoms in total. The Morgan fingerprint density at radius 2 is 0.612 bits per heavy atom. The van der Waals surface area contributed by atoms with Crippen LogP contribution in [0.15, 0.2) is 164 Å². The summed E-state index contributed by atoms with van der Waals surface area (Å²) >= 11 is 6.88. The molecule has 0 saturated carbocycles. The highest BCUT2D eigenvalue weighted by molar-refractivity contribution is 6.31. The van der Waals surface area contributed by atoms with Gasteiger partial charge in [0.05, 0.1) is 0 Å². The van der Waals surface area contributed by atoms with Gasteiger partial charge in [-0.25, -0.2) is 0 Å². The van der Waals surface area contributed by atoms with Crippen molar-refractivity contribution in [2.75, 3.05) is 9.80 Å². The molecule has 0 unspecified atom stereocenters. The van der Waals surface area contributed by atoms with Crippen LogP contribution in [-0.4, -0.2) is 0 Å². The maximum absolute atomic E-state index is 6.88.